The Kier molecular flexibility index (Phi) is 2.64. The highest BCUT2D eigenvalue weighted by Gasteiger charge is 2.10. The van der Waals surface area contributed by atoms with E-state index in [9.17, 15) is 0 Å². The second-order valence-electron chi connectivity index (χ2n) is 5.08. The minimum atomic E-state index is 0.940. The molecule has 0 amide bonds. The summed E-state index contributed by atoms with van der Waals surface area (Å²) in [6.45, 7) is 2.15. The van der Waals surface area contributed by atoms with Crippen LogP contribution in [0.1, 0.15) is 15.3 Å². The molecule has 2 heterocycles. The van der Waals surface area contributed by atoms with Crippen molar-refractivity contribution in [2.75, 3.05) is 0 Å². The van der Waals surface area contributed by atoms with Gasteiger partial charge in [0.1, 0.15) is 11.2 Å². The van der Waals surface area contributed by atoms with Gasteiger partial charge in [-0.1, -0.05) is 36.4 Å². The maximum Gasteiger partial charge on any atom is 0.138 e. The Morgan fingerprint density at radius 3 is 2.60 bits per heavy atom. The molecule has 0 radical (unpaired) electrons. The standard InChI is InChI=1S/C18H14OS/c1-12-9-10-14(20-12)11-13-5-4-7-16-15-6-2-3-8-17(15)19-18(13)16/h2-10H,11H2,1H3. The highest BCUT2D eigenvalue weighted by Crippen LogP contribution is 2.32. The van der Waals surface area contributed by atoms with Gasteiger partial charge in [0.15, 0.2) is 0 Å². The van der Waals surface area contributed by atoms with Gasteiger partial charge in [0, 0.05) is 32.5 Å². The maximum atomic E-state index is 6.07. The molecule has 0 fully saturated rings. The summed E-state index contributed by atoms with van der Waals surface area (Å²) < 4.78 is 6.07. The van der Waals surface area contributed by atoms with E-state index in [0.717, 1.165) is 17.6 Å². The van der Waals surface area contributed by atoms with Crippen LogP contribution in [0.3, 0.4) is 0 Å². The zero-order valence-electron chi connectivity index (χ0n) is 11.2. The molecule has 20 heavy (non-hydrogen) atoms. The van der Waals surface area contributed by atoms with Crippen molar-refractivity contribution in [1.29, 1.82) is 0 Å². The molecular formula is C18H14OS. The average Bonchev–Trinajstić information content (AvgIpc) is 3.03. The van der Waals surface area contributed by atoms with E-state index < -0.39 is 0 Å². The van der Waals surface area contributed by atoms with Gasteiger partial charge in [0.2, 0.25) is 0 Å². The number of hydrogen-bond acceptors (Lipinski definition) is 2. The van der Waals surface area contributed by atoms with Crippen molar-refractivity contribution in [1.82, 2.24) is 0 Å². The fourth-order valence-electron chi connectivity index (χ4n) is 2.71. The zero-order valence-corrected chi connectivity index (χ0v) is 12.0. The number of thiophene rings is 1. The van der Waals surface area contributed by atoms with Crippen molar-refractivity contribution < 1.29 is 4.42 Å². The molecule has 2 aromatic carbocycles. The van der Waals surface area contributed by atoms with E-state index in [1.165, 1.54) is 26.1 Å². The minimum Gasteiger partial charge on any atom is -0.456 e. The van der Waals surface area contributed by atoms with E-state index in [2.05, 4.69) is 49.4 Å². The normalized spacial score (nSPS) is 11.4. The first-order chi connectivity index (χ1) is 9.81. The summed E-state index contributed by atoms with van der Waals surface area (Å²) in [6.07, 6.45) is 0.940. The van der Waals surface area contributed by atoms with Crippen LogP contribution in [-0.4, -0.2) is 0 Å². The Hall–Kier alpha value is -2.06. The van der Waals surface area contributed by atoms with Gasteiger partial charge < -0.3 is 4.42 Å². The van der Waals surface area contributed by atoms with Crippen LogP contribution in [0, 0.1) is 6.92 Å². The molecule has 0 aliphatic rings. The number of benzene rings is 2. The van der Waals surface area contributed by atoms with Crippen LogP contribution in [-0.2, 0) is 6.42 Å². The van der Waals surface area contributed by atoms with E-state index in [4.69, 9.17) is 4.42 Å². The summed E-state index contributed by atoms with van der Waals surface area (Å²) in [6, 6.07) is 19.1. The zero-order chi connectivity index (χ0) is 13.5. The number of aryl methyl sites for hydroxylation is 1. The maximum absolute atomic E-state index is 6.07. The molecule has 0 spiro atoms. The van der Waals surface area contributed by atoms with E-state index in [-0.39, 0.29) is 0 Å². The first kappa shape index (κ1) is 11.7. The van der Waals surface area contributed by atoms with Crippen molar-refractivity contribution >= 4 is 33.3 Å². The monoisotopic (exact) mass is 278 g/mol. The van der Waals surface area contributed by atoms with Crippen LogP contribution in [0.15, 0.2) is 59.0 Å². The van der Waals surface area contributed by atoms with Gasteiger partial charge >= 0.3 is 0 Å². The van der Waals surface area contributed by atoms with Gasteiger partial charge in [-0.25, -0.2) is 0 Å². The van der Waals surface area contributed by atoms with Crippen molar-refractivity contribution in [2.45, 2.75) is 13.3 Å². The van der Waals surface area contributed by atoms with Gasteiger partial charge in [-0.05, 0) is 25.1 Å². The lowest BCUT2D eigenvalue weighted by molar-refractivity contribution is 0.664. The van der Waals surface area contributed by atoms with Crippen LogP contribution in [0.4, 0.5) is 0 Å². The van der Waals surface area contributed by atoms with E-state index in [1.54, 1.807) is 0 Å². The molecule has 0 saturated carbocycles. The summed E-state index contributed by atoms with van der Waals surface area (Å²) in [5, 5.41) is 2.41. The molecule has 0 atom stereocenters. The largest absolute Gasteiger partial charge is 0.456 e. The Bertz CT molecular complexity index is 898. The summed E-state index contributed by atoms with van der Waals surface area (Å²) >= 11 is 1.86. The smallest absolute Gasteiger partial charge is 0.138 e. The predicted molar refractivity (Wildman–Crippen MR) is 85.6 cm³/mol. The van der Waals surface area contributed by atoms with Crippen molar-refractivity contribution in [3.63, 3.8) is 0 Å². The molecule has 4 rings (SSSR count). The van der Waals surface area contributed by atoms with Gasteiger partial charge in [0.05, 0.1) is 0 Å². The first-order valence-electron chi connectivity index (χ1n) is 6.76. The third kappa shape index (κ3) is 1.84. The van der Waals surface area contributed by atoms with Crippen LogP contribution in [0.2, 0.25) is 0 Å². The molecule has 0 aliphatic carbocycles. The lowest BCUT2D eigenvalue weighted by Crippen LogP contribution is -1.84. The van der Waals surface area contributed by atoms with Gasteiger partial charge in [-0.3, -0.25) is 0 Å². The molecule has 0 aliphatic heterocycles. The molecule has 98 valence electrons. The van der Waals surface area contributed by atoms with Crippen LogP contribution >= 0.6 is 11.3 Å². The fourth-order valence-corrected chi connectivity index (χ4v) is 3.63. The second-order valence-corrected chi connectivity index (χ2v) is 6.45. The predicted octanol–water partition coefficient (Wildman–Crippen LogP) is 5.55. The number of para-hydroxylation sites is 2. The van der Waals surface area contributed by atoms with Crippen LogP contribution in [0.5, 0.6) is 0 Å². The van der Waals surface area contributed by atoms with E-state index in [0.29, 0.717) is 0 Å². The number of fused-ring (bicyclic) bond motifs is 3. The Balaban J connectivity index is 1.91. The first-order valence-corrected chi connectivity index (χ1v) is 7.57. The highest BCUT2D eigenvalue weighted by molar-refractivity contribution is 7.11. The number of hydrogen-bond donors (Lipinski definition) is 0. The molecule has 0 bridgehead atoms. The molecule has 0 unspecified atom stereocenters. The fraction of sp³-hybridized carbons (Fsp3) is 0.111. The second kappa shape index (κ2) is 4.50. The molecular weight excluding hydrogens is 264 g/mol. The number of rotatable bonds is 2. The minimum absolute atomic E-state index is 0.940. The molecule has 4 aromatic rings. The summed E-state index contributed by atoms with van der Waals surface area (Å²) in [7, 11) is 0. The third-order valence-electron chi connectivity index (χ3n) is 3.65. The lowest BCUT2D eigenvalue weighted by atomic mass is 10.1. The van der Waals surface area contributed by atoms with Crippen molar-refractivity contribution in [2.24, 2.45) is 0 Å². The lowest BCUT2D eigenvalue weighted by Gasteiger charge is -2.00. The summed E-state index contributed by atoms with van der Waals surface area (Å²) in [5.74, 6) is 0. The quantitative estimate of drug-likeness (QED) is 0.469. The summed E-state index contributed by atoms with van der Waals surface area (Å²) in [4.78, 5) is 2.74. The van der Waals surface area contributed by atoms with Crippen molar-refractivity contribution in [3.05, 3.63) is 69.9 Å². The molecule has 0 N–H and O–H groups in total. The number of furan rings is 1. The van der Waals surface area contributed by atoms with E-state index in [1.807, 2.05) is 23.5 Å². The Morgan fingerprint density at radius 2 is 1.75 bits per heavy atom. The highest BCUT2D eigenvalue weighted by atomic mass is 32.1. The van der Waals surface area contributed by atoms with Gasteiger partial charge in [0.25, 0.3) is 0 Å². The third-order valence-corrected chi connectivity index (χ3v) is 4.65. The Morgan fingerprint density at radius 1 is 0.900 bits per heavy atom. The van der Waals surface area contributed by atoms with E-state index >= 15 is 0 Å². The van der Waals surface area contributed by atoms with Crippen LogP contribution < -0.4 is 0 Å². The average molecular weight is 278 g/mol. The molecule has 2 aromatic heterocycles. The van der Waals surface area contributed by atoms with Crippen molar-refractivity contribution in [3.8, 4) is 0 Å². The SMILES string of the molecule is Cc1ccc(Cc2cccc3c2oc2ccccc23)s1. The van der Waals surface area contributed by atoms with Crippen LogP contribution in [0.25, 0.3) is 21.9 Å². The molecule has 1 nitrogen and oxygen atoms in total. The van der Waals surface area contributed by atoms with Gasteiger partial charge in [-0.15, -0.1) is 11.3 Å². The summed E-state index contributed by atoms with van der Waals surface area (Å²) in [5.41, 5.74) is 3.26. The molecule has 2 heteroatoms. The topological polar surface area (TPSA) is 13.1 Å². The molecule has 0 saturated heterocycles. The Labute approximate surface area is 121 Å². The van der Waals surface area contributed by atoms with Gasteiger partial charge in [-0.2, -0.15) is 0 Å².